The minimum absolute atomic E-state index is 0.117. The van der Waals surface area contributed by atoms with Crippen LogP contribution in [0.15, 0.2) is 0 Å². The van der Waals surface area contributed by atoms with Crippen LogP contribution in [0, 0.1) is 0 Å². The topological polar surface area (TPSA) is 27.7 Å². The highest BCUT2D eigenvalue weighted by Gasteiger charge is 2.09. The Hall–Kier alpha value is 0.230. The van der Waals surface area contributed by atoms with Crippen LogP contribution in [-0.2, 0) is 14.8 Å². The van der Waals surface area contributed by atoms with E-state index in [2.05, 4.69) is 27.4 Å². The van der Waals surface area contributed by atoms with Gasteiger partial charge in [0.2, 0.25) is 0 Å². The maximum Gasteiger partial charge on any atom is 0.141 e. The summed E-state index contributed by atoms with van der Waals surface area (Å²) in [5.41, 5.74) is -0.117. The molecule has 1 fully saturated rings. The number of thiol groups is 1. The molecule has 1 aliphatic rings. The molecule has 0 amide bonds. The first-order valence-electron chi connectivity index (χ1n) is 2.02. The highest BCUT2D eigenvalue weighted by atomic mass is 32.1. The number of hydrogen-bond donors (Lipinski definition) is 1. The van der Waals surface area contributed by atoms with Gasteiger partial charge in [0, 0.05) is 6.42 Å². The highest BCUT2D eigenvalue weighted by Crippen LogP contribution is 2.08. The van der Waals surface area contributed by atoms with Crippen LogP contribution in [0.4, 0.5) is 0 Å². The second-order valence-electron chi connectivity index (χ2n) is 1.23. The molecular formula is C3H6O3S. The van der Waals surface area contributed by atoms with Gasteiger partial charge in [-0.3, -0.25) is 0 Å². The zero-order valence-corrected chi connectivity index (χ0v) is 4.56. The van der Waals surface area contributed by atoms with Gasteiger partial charge in [0.1, 0.15) is 5.44 Å². The number of rotatable bonds is 0. The molecule has 0 bridgehead atoms. The van der Waals surface area contributed by atoms with Crippen LogP contribution in [0.1, 0.15) is 6.42 Å². The molecule has 1 aliphatic heterocycles. The largest absolute Gasteiger partial charge is 0.206 e. The lowest BCUT2D eigenvalue weighted by molar-refractivity contribution is -0.537. The zero-order chi connectivity index (χ0) is 5.11. The predicted molar refractivity (Wildman–Crippen MR) is 25.5 cm³/mol. The van der Waals surface area contributed by atoms with E-state index in [0.29, 0.717) is 6.61 Å². The van der Waals surface area contributed by atoms with Crippen molar-refractivity contribution in [3.8, 4) is 0 Å². The summed E-state index contributed by atoms with van der Waals surface area (Å²) in [4.78, 5) is 8.79. The van der Waals surface area contributed by atoms with Crippen molar-refractivity contribution < 1.29 is 14.8 Å². The highest BCUT2D eigenvalue weighted by molar-refractivity contribution is 7.80. The molecular weight excluding hydrogens is 116 g/mol. The average molecular weight is 122 g/mol. The minimum atomic E-state index is -0.117. The predicted octanol–water partition coefficient (Wildman–Crippen LogP) is 0.526. The second kappa shape index (κ2) is 2.52. The van der Waals surface area contributed by atoms with Crippen molar-refractivity contribution >= 4 is 12.6 Å². The Labute approximate surface area is 46.8 Å². The molecule has 7 heavy (non-hydrogen) atoms. The fourth-order valence-electron chi connectivity index (χ4n) is 0.304. The fraction of sp³-hybridized carbons (Fsp3) is 1.00. The van der Waals surface area contributed by atoms with Crippen molar-refractivity contribution in [1.29, 1.82) is 0 Å². The first kappa shape index (κ1) is 5.37. The van der Waals surface area contributed by atoms with E-state index in [4.69, 9.17) is 0 Å². The molecule has 0 radical (unpaired) electrons. The van der Waals surface area contributed by atoms with Gasteiger partial charge in [-0.25, -0.2) is 4.89 Å². The van der Waals surface area contributed by atoms with Gasteiger partial charge in [0.25, 0.3) is 0 Å². The van der Waals surface area contributed by atoms with E-state index in [9.17, 15) is 0 Å². The number of hydrogen-bond acceptors (Lipinski definition) is 4. The van der Waals surface area contributed by atoms with Gasteiger partial charge in [-0.1, -0.05) is 5.04 Å². The second-order valence-corrected chi connectivity index (χ2v) is 1.81. The van der Waals surface area contributed by atoms with Crippen molar-refractivity contribution in [2.24, 2.45) is 0 Å². The van der Waals surface area contributed by atoms with Gasteiger partial charge in [-0.2, -0.15) is 4.89 Å². The van der Waals surface area contributed by atoms with Gasteiger partial charge in [0.15, 0.2) is 0 Å². The summed E-state index contributed by atoms with van der Waals surface area (Å²) in [7, 11) is 0. The Morgan fingerprint density at radius 1 is 1.57 bits per heavy atom. The van der Waals surface area contributed by atoms with E-state index in [0.717, 1.165) is 6.42 Å². The molecule has 0 aromatic rings. The normalized spacial score (nSPS) is 33.0. The first-order chi connectivity index (χ1) is 3.39. The molecule has 3 nitrogen and oxygen atoms in total. The molecule has 0 N–H and O–H groups in total. The zero-order valence-electron chi connectivity index (χ0n) is 3.66. The van der Waals surface area contributed by atoms with E-state index in [1.165, 1.54) is 0 Å². The maximum atomic E-state index is 4.42. The molecule has 4 heteroatoms. The van der Waals surface area contributed by atoms with Crippen LogP contribution in [0.3, 0.4) is 0 Å². The molecule has 1 saturated heterocycles. The summed E-state index contributed by atoms with van der Waals surface area (Å²) in [6, 6.07) is 0. The summed E-state index contributed by atoms with van der Waals surface area (Å²) in [6.45, 7) is 0.564. The third-order valence-corrected chi connectivity index (χ3v) is 0.991. The molecule has 1 heterocycles. The van der Waals surface area contributed by atoms with Crippen LogP contribution in [-0.4, -0.2) is 12.0 Å². The van der Waals surface area contributed by atoms with Crippen molar-refractivity contribution in [2.75, 3.05) is 6.61 Å². The molecule has 0 aromatic heterocycles. The lowest BCUT2D eigenvalue weighted by atomic mass is 10.5. The van der Waals surface area contributed by atoms with Gasteiger partial charge >= 0.3 is 0 Å². The van der Waals surface area contributed by atoms with Crippen LogP contribution < -0.4 is 0 Å². The van der Waals surface area contributed by atoms with Gasteiger partial charge in [0.05, 0.1) is 6.61 Å². The third kappa shape index (κ3) is 1.65. The first-order valence-corrected chi connectivity index (χ1v) is 2.54. The van der Waals surface area contributed by atoms with Gasteiger partial charge in [-0.15, -0.1) is 12.6 Å². The van der Waals surface area contributed by atoms with Gasteiger partial charge in [-0.05, 0) is 0 Å². The van der Waals surface area contributed by atoms with E-state index in [1.54, 1.807) is 0 Å². The van der Waals surface area contributed by atoms with Crippen LogP contribution in [0.5, 0.6) is 0 Å². The fourth-order valence-corrected chi connectivity index (χ4v) is 0.445. The smallest absolute Gasteiger partial charge is 0.141 e. The molecule has 42 valence electrons. The molecule has 0 spiro atoms. The average Bonchev–Trinajstić information content (AvgIpc) is 1.69. The van der Waals surface area contributed by atoms with Crippen molar-refractivity contribution in [1.82, 2.24) is 0 Å². The quantitative estimate of drug-likeness (QED) is 0.375. The minimum Gasteiger partial charge on any atom is -0.206 e. The molecule has 0 saturated carbocycles. The van der Waals surface area contributed by atoms with Crippen LogP contribution in [0.25, 0.3) is 0 Å². The molecule has 0 aliphatic carbocycles. The van der Waals surface area contributed by atoms with E-state index >= 15 is 0 Å². The molecule has 1 unspecified atom stereocenters. The summed E-state index contributed by atoms with van der Waals surface area (Å²) in [6.07, 6.45) is 0.781. The van der Waals surface area contributed by atoms with Crippen molar-refractivity contribution in [3.63, 3.8) is 0 Å². The summed E-state index contributed by atoms with van der Waals surface area (Å²) >= 11 is 3.93. The standard InChI is InChI=1S/C3H6O3S/c7-3-1-2-4-6-5-3/h3,7H,1-2H2. The van der Waals surface area contributed by atoms with Crippen LogP contribution in [0.2, 0.25) is 0 Å². The Morgan fingerprint density at radius 3 is 2.71 bits per heavy atom. The lowest BCUT2D eigenvalue weighted by Crippen LogP contribution is -2.16. The third-order valence-electron chi connectivity index (χ3n) is 0.647. The Balaban J connectivity index is 2.12. The summed E-state index contributed by atoms with van der Waals surface area (Å²) < 4.78 is 0. The monoisotopic (exact) mass is 122 g/mol. The summed E-state index contributed by atoms with van der Waals surface area (Å²) in [5.74, 6) is 0. The molecule has 1 rings (SSSR count). The maximum absolute atomic E-state index is 4.42. The van der Waals surface area contributed by atoms with E-state index in [-0.39, 0.29) is 5.44 Å². The van der Waals surface area contributed by atoms with Crippen LogP contribution >= 0.6 is 12.6 Å². The van der Waals surface area contributed by atoms with Crippen molar-refractivity contribution in [2.45, 2.75) is 11.9 Å². The van der Waals surface area contributed by atoms with E-state index < -0.39 is 0 Å². The van der Waals surface area contributed by atoms with E-state index in [1.807, 2.05) is 0 Å². The lowest BCUT2D eigenvalue weighted by Gasteiger charge is -2.13. The summed E-state index contributed by atoms with van der Waals surface area (Å²) in [5, 5.41) is 4.11. The molecule has 1 atom stereocenters. The molecule has 0 aromatic carbocycles. The van der Waals surface area contributed by atoms with Crippen molar-refractivity contribution in [3.05, 3.63) is 0 Å². The SMILES string of the molecule is SC1CCOOO1. The van der Waals surface area contributed by atoms with Gasteiger partial charge < -0.3 is 0 Å². The Morgan fingerprint density at radius 2 is 2.43 bits per heavy atom. The Bertz CT molecular complexity index is 52.1. The Kier molecular flexibility index (Phi) is 1.93.